The van der Waals surface area contributed by atoms with Gasteiger partial charge in [-0.25, -0.2) is 0 Å². The van der Waals surface area contributed by atoms with Gasteiger partial charge in [0.25, 0.3) is 0 Å². The molecule has 0 aromatic heterocycles. The van der Waals surface area contributed by atoms with E-state index in [2.05, 4.69) is 55.8 Å². The first-order valence-corrected chi connectivity index (χ1v) is 9.86. The molecule has 136 valence electrons. The van der Waals surface area contributed by atoms with Gasteiger partial charge in [-0.1, -0.05) is 35.0 Å². The minimum absolute atomic E-state index is 0.223. The van der Waals surface area contributed by atoms with Gasteiger partial charge in [-0.2, -0.15) is 0 Å². The first kappa shape index (κ1) is 18.2. The van der Waals surface area contributed by atoms with Gasteiger partial charge in [0.1, 0.15) is 0 Å². The number of hydrogen-bond donors (Lipinski definition) is 2. The highest BCUT2D eigenvalue weighted by atomic mass is 79.9. The Morgan fingerprint density at radius 3 is 2.88 bits per heavy atom. The topological polar surface area (TPSA) is 56.7 Å². The number of halogens is 1. The summed E-state index contributed by atoms with van der Waals surface area (Å²) in [5.74, 6) is 1.07. The second-order valence-electron chi connectivity index (χ2n) is 7.04. The summed E-state index contributed by atoms with van der Waals surface area (Å²) >= 11 is 3.57. The molecule has 1 atom stereocenters. The summed E-state index contributed by atoms with van der Waals surface area (Å²) in [5.41, 5.74) is 1.60. The minimum atomic E-state index is 0.223. The number of hydrogen-bond acceptors (Lipinski definition) is 2. The predicted molar refractivity (Wildman–Crippen MR) is 105 cm³/mol. The van der Waals surface area contributed by atoms with E-state index in [9.17, 15) is 4.79 Å². The van der Waals surface area contributed by atoms with Crippen molar-refractivity contribution in [2.24, 2.45) is 4.99 Å². The highest BCUT2D eigenvalue weighted by Gasteiger charge is 2.44. The van der Waals surface area contributed by atoms with Crippen LogP contribution in [0.4, 0.5) is 0 Å². The van der Waals surface area contributed by atoms with Gasteiger partial charge in [-0.05, 0) is 37.0 Å². The zero-order valence-electron chi connectivity index (χ0n) is 15.0. The van der Waals surface area contributed by atoms with E-state index in [4.69, 9.17) is 0 Å². The van der Waals surface area contributed by atoms with Crippen molar-refractivity contribution in [3.05, 3.63) is 34.3 Å². The monoisotopic (exact) mass is 406 g/mol. The van der Waals surface area contributed by atoms with Crippen molar-refractivity contribution in [1.82, 2.24) is 15.5 Å². The maximum Gasteiger partial charge on any atom is 0.222 e. The van der Waals surface area contributed by atoms with Crippen molar-refractivity contribution >= 4 is 27.8 Å². The van der Waals surface area contributed by atoms with Gasteiger partial charge in [-0.3, -0.25) is 9.79 Å². The molecule has 2 fully saturated rings. The van der Waals surface area contributed by atoms with Gasteiger partial charge in [-0.15, -0.1) is 0 Å². The number of guanidine groups is 1. The minimum Gasteiger partial charge on any atom is -0.356 e. The molecule has 1 unspecified atom stereocenters. The number of nitrogens with zero attached hydrogens (tertiary/aromatic N) is 2. The van der Waals surface area contributed by atoms with E-state index in [1.807, 2.05) is 11.8 Å². The Kier molecular flexibility index (Phi) is 5.67. The van der Waals surface area contributed by atoms with Gasteiger partial charge in [0.2, 0.25) is 5.91 Å². The van der Waals surface area contributed by atoms with E-state index in [0.29, 0.717) is 6.42 Å². The lowest BCUT2D eigenvalue weighted by Crippen LogP contribution is -2.47. The quantitative estimate of drug-likeness (QED) is 0.583. The first-order valence-electron chi connectivity index (χ1n) is 9.07. The van der Waals surface area contributed by atoms with Crippen LogP contribution in [0.15, 0.2) is 33.7 Å². The van der Waals surface area contributed by atoms with Gasteiger partial charge < -0.3 is 15.5 Å². The summed E-state index contributed by atoms with van der Waals surface area (Å²) in [6.45, 7) is 4.40. The van der Waals surface area contributed by atoms with Crippen LogP contribution in [0.1, 0.15) is 38.2 Å². The van der Waals surface area contributed by atoms with E-state index in [-0.39, 0.29) is 17.4 Å². The maximum absolute atomic E-state index is 11.8. The zero-order valence-corrected chi connectivity index (χ0v) is 16.6. The molecule has 3 rings (SSSR count). The van der Waals surface area contributed by atoms with Crippen molar-refractivity contribution in [1.29, 1.82) is 0 Å². The Morgan fingerprint density at radius 1 is 1.44 bits per heavy atom. The van der Waals surface area contributed by atoms with Gasteiger partial charge in [0, 0.05) is 49.0 Å². The van der Waals surface area contributed by atoms with Crippen LogP contribution in [0.5, 0.6) is 0 Å². The number of benzene rings is 1. The van der Waals surface area contributed by atoms with Crippen LogP contribution in [-0.4, -0.2) is 49.5 Å². The van der Waals surface area contributed by atoms with Crippen molar-refractivity contribution in [2.45, 2.75) is 44.1 Å². The fourth-order valence-corrected chi connectivity index (χ4v) is 3.91. The van der Waals surface area contributed by atoms with Crippen LogP contribution >= 0.6 is 15.9 Å². The molecule has 1 amide bonds. The molecule has 1 saturated carbocycles. The van der Waals surface area contributed by atoms with Gasteiger partial charge in [0.15, 0.2) is 5.96 Å². The molecular formula is C19H27BrN4O. The zero-order chi connectivity index (χ0) is 17.9. The van der Waals surface area contributed by atoms with Gasteiger partial charge in [0.05, 0.1) is 0 Å². The standard InChI is InChI=1S/C19H27BrN4O/c1-3-17(25)24-10-7-16(12-24)23-18(21-2)22-13-19(8-9-19)14-5-4-6-15(20)11-14/h4-6,11,16H,3,7-10,12-13H2,1-2H3,(H2,21,22,23). The van der Waals surface area contributed by atoms with Crippen molar-refractivity contribution in [3.8, 4) is 0 Å². The molecule has 2 aliphatic rings. The summed E-state index contributed by atoms with van der Waals surface area (Å²) in [6, 6.07) is 8.88. The molecule has 0 spiro atoms. The van der Waals surface area contributed by atoms with Crippen LogP contribution < -0.4 is 10.6 Å². The molecule has 2 N–H and O–H groups in total. The summed E-state index contributed by atoms with van der Waals surface area (Å²) < 4.78 is 1.13. The Balaban J connectivity index is 1.53. The third-order valence-corrected chi connectivity index (χ3v) is 5.79. The maximum atomic E-state index is 11.8. The average Bonchev–Trinajstić information content (AvgIpc) is 3.28. The second-order valence-corrected chi connectivity index (χ2v) is 7.96. The summed E-state index contributed by atoms with van der Waals surface area (Å²) in [7, 11) is 1.80. The summed E-state index contributed by atoms with van der Waals surface area (Å²) in [4.78, 5) is 18.1. The molecule has 0 bridgehead atoms. The Hall–Kier alpha value is -1.56. The number of amides is 1. The van der Waals surface area contributed by atoms with Crippen LogP contribution in [-0.2, 0) is 10.2 Å². The van der Waals surface area contributed by atoms with E-state index < -0.39 is 0 Å². The molecular weight excluding hydrogens is 380 g/mol. The lowest BCUT2D eigenvalue weighted by Gasteiger charge is -2.22. The largest absolute Gasteiger partial charge is 0.356 e. The third kappa shape index (κ3) is 4.35. The number of carbonyl (C=O) groups is 1. The molecule has 1 saturated heterocycles. The SMILES string of the molecule is CCC(=O)N1CCC(NC(=NC)NCC2(c3cccc(Br)c3)CC2)C1. The molecule has 1 aromatic rings. The van der Waals surface area contributed by atoms with Crippen LogP contribution in [0, 0.1) is 0 Å². The van der Waals surface area contributed by atoms with Crippen LogP contribution in [0.2, 0.25) is 0 Å². The lowest BCUT2D eigenvalue weighted by molar-refractivity contribution is -0.129. The Labute approximate surface area is 158 Å². The molecule has 1 aliphatic carbocycles. The summed E-state index contributed by atoms with van der Waals surface area (Å²) in [6.07, 6.45) is 3.96. The average molecular weight is 407 g/mol. The highest BCUT2D eigenvalue weighted by molar-refractivity contribution is 9.10. The second kappa shape index (κ2) is 7.77. The van der Waals surface area contributed by atoms with Gasteiger partial charge >= 0.3 is 0 Å². The molecule has 1 heterocycles. The lowest BCUT2D eigenvalue weighted by atomic mass is 9.96. The Morgan fingerprint density at radius 2 is 2.24 bits per heavy atom. The number of rotatable bonds is 5. The molecule has 1 aromatic carbocycles. The van der Waals surface area contributed by atoms with E-state index in [1.165, 1.54) is 18.4 Å². The first-order chi connectivity index (χ1) is 12.1. The number of aliphatic imine (C=N–C) groups is 1. The van der Waals surface area contributed by atoms with Crippen LogP contribution in [0.3, 0.4) is 0 Å². The third-order valence-electron chi connectivity index (χ3n) is 5.29. The molecule has 6 heteroatoms. The highest BCUT2D eigenvalue weighted by Crippen LogP contribution is 2.48. The van der Waals surface area contributed by atoms with E-state index >= 15 is 0 Å². The molecule has 0 radical (unpaired) electrons. The fourth-order valence-electron chi connectivity index (χ4n) is 3.51. The van der Waals surface area contributed by atoms with Crippen molar-refractivity contribution in [2.75, 3.05) is 26.7 Å². The smallest absolute Gasteiger partial charge is 0.222 e. The molecule has 1 aliphatic heterocycles. The number of nitrogens with one attached hydrogen (secondary N) is 2. The fraction of sp³-hybridized carbons (Fsp3) is 0.579. The normalized spacial score (nSPS) is 22.0. The van der Waals surface area contributed by atoms with Crippen molar-refractivity contribution in [3.63, 3.8) is 0 Å². The molecule has 25 heavy (non-hydrogen) atoms. The van der Waals surface area contributed by atoms with Crippen molar-refractivity contribution < 1.29 is 4.79 Å². The molecule has 5 nitrogen and oxygen atoms in total. The van der Waals surface area contributed by atoms with E-state index in [0.717, 1.165) is 36.5 Å². The predicted octanol–water partition coefficient (Wildman–Crippen LogP) is 2.66. The summed E-state index contributed by atoms with van der Waals surface area (Å²) in [5, 5.41) is 6.97. The van der Waals surface area contributed by atoms with E-state index in [1.54, 1.807) is 7.05 Å². The van der Waals surface area contributed by atoms with Crippen LogP contribution in [0.25, 0.3) is 0 Å². The number of likely N-dealkylation sites (tertiary alicyclic amines) is 1. The Bertz CT molecular complexity index is 657. The number of carbonyl (C=O) groups excluding carboxylic acids is 1.